The first kappa shape index (κ1) is 13.4. The highest BCUT2D eigenvalue weighted by Gasteiger charge is 2.51. The molecule has 1 heterocycles. The lowest BCUT2D eigenvalue weighted by molar-refractivity contribution is -0.139. The molecule has 20 heavy (non-hydrogen) atoms. The van der Waals surface area contributed by atoms with E-state index in [0.717, 1.165) is 31.8 Å². The summed E-state index contributed by atoms with van der Waals surface area (Å²) in [5.41, 5.74) is 1.22. The third-order valence-electron chi connectivity index (χ3n) is 4.41. The lowest BCUT2D eigenvalue weighted by Crippen LogP contribution is -2.47. The van der Waals surface area contributed by atoms with E-state index in [4.69, 9.17) is 9.84 Å². The summed E-state index contributed by atoms with van der Waals surface area (Å²) in [5.74, 6) is 1.28. The highest BCUT2D eigenvalue weighted by atomic mass is 16.5. The number of nitrogens with zero attached hydrogens (tertiary/aromatic N) is 1. The van der Waals surface area contributed by atoms with Gasteiger partial charge in [-0.1, -0.05) is 18.2 Å². The van der Waals surface area contributed by atoms with E-state index in [-0.39, 0.29) is 5.92 Å². The maximum Gasteiger partial charge on any atom is 0.306 e. The molecule has 1 aromatic carbocycles. The molecule has 0 amide bonds. The summed E-state index contributed by atoms with van der Waals surface area (Å²) in [6, 6.07) is 8.15. The number of rotatable bonds is 6. The Hall–Kier alpha value is -1.55. The van der Waals surface area contributed by atoms with Crippen molar-refractivity contribution in [3.8, 4) is 5.75 Å². The maximum absolute atomic E-state index is 10.9. The smallest absolute Gasteiger partial charge is 0.306 e. The molecule has 1 saturated heterocycles. The molecule has 0 aromatic heterocycles. The molecule has 0 spiro atoms. The fraction of sp³-hybridized carbons (Fsp3) is 0.562. The molecule has 3 rings (SSSR count). The molecular formula is C16H21NO3. The van der Waals surface area contributed by atoms with Crippen LogP contribution in [-0.4, -0.2) is 35.7 Å². The van der Waals surface area contributed by atoms with Gasteiger partial charge in [-0.05, 0) is 31.2 Å². The minimum absolute atomic E-state index is 0.0714. The molecule has 108 valence electrons. The quantitative estimate of drug-likeness (QED) is 0.865. The third kappa shape index (κ3) is 2.66. The van der Waals surface area contributed by atoms with Gasteiger partial charge in [0.15, 0.2) is 0 Å². The molecule has 2 fully saturated rings. The second kappa shape index (κ2) is 5.44. The normalized spacial score (nSPS) is 26.1. The molecule has 4 heteroatoms. The Morgan fingerprint density at radius 3 is 2.80 bits per heavy atom. The van der Waals surface area contributed by atoms with Crippen LogP contribution in [0.4, 0.5) is 0 Å². The molecule has 0 bridgehead atoms. The fourth-order valence-electron chi connectivity index (χ4n) is 3.20. The van der Waals surface area contributed by atoms with Crippen molar-refractivity contribution in [2.45, 2.75) is 19.9 Å². The minimum atomic E-state index is -0.616. The number of carboxylic acids is 1. The van der Waals surface area contributed by atoms with Crippen molar-refractivity contribution in [3.63, 3.8) is 0 Å². The standard InChI is InChI=1S/C16H21NO3/c1-2-20-15-6-4-3-5-11(15)8-17-9-12(10-17)13-7-14(13)16(18)19/h3-6,12-14H,2,7-10H2,1H3,(H,18,19)/t13-,14+/m0/s1. The average molecular weight is 275 g/mol. The Kier molecular flexibility index (Phi) is 3.66. The molecule has 2 aliphatic rings. The second-order valence-corrected chi connectivity index (χ2v) is 5.84. The monoisotopic (exact) mass is 275 g/mol. The Morgan fingerprint density at radius 2 is 2.15 bits per heavy atom. The summed E-state index contributed by atoms with van der Waals surface area (Å²) in [5, 5.41) is 8.96. The SMILES string of the molecule is CCOc1ccccc1CN1CC([C@@H]2C[C@H]2C(=O)O)C1. The second-order valence-electron chi connectivity index (χ2n) is 5.84. The predicted octanol–water partition coefficient (Wildman–Crippen LogP) is 2.24. The minimum Gasteiger partial charge on any atom is -0.494 e. The first-order valence-corrected chi connectivity index (χ1v) is 7.35. The molecule has 1 saturated carbocycles. The van der Waals surface area contributed by atoms with E-state index in [1.807, 2.05) is 25.1 Å². The third-order valence-corrected chi connectivity index (χ3v) is 4.41. The molecule has 1 N–H and O–H groups in total. The molecule has 4 nitrogen and oxygen atoms in total. The highest BCUT2D eigenvalue weighted by molar-refractivity contribution is 5.73. The van der Waals surface area contributed by atoms with Crippen molar-refractivity contribution in [2.24, 2.45) is 17.8 Å². The largest absolute Gasteiger partial charge is 0.494 e. The maximum atomic E-state index is 10.9. The van der Waals surface area contributed by atoms with Crippen molar-refractivity contribution < 1.29 is 14.6 Å². The van der Waals surface area contributed by atoms with Crippen LogP contribution in [0.1, 0.15) is 18.9 Å². The van der Waals surface area contributed by atoms with Gasteiger partial charge in [-0.3, -0.25) is 9.69 Å². The summed E-state index contributed by atoms with van der Waals surface area (Å²) in [6.45, 7) is 5.62. The molecule has 0 radical (unpaired) electrons. The van der Waals surface area contributed by atoms with Gasteiger partial charge in [-0.15, -0.1) is 0 Å². The van der Waals surface area contributed by atoms with Crippen molar-refractivity contribution in [3.05, 3.63) is 29.8 Å². The number of benzene rings is 1. The topological polar surface area (TPSA) is 49.8 Å². The summed E-state index contributed by atoms with van der Waals surface area (Å²) in [4.78, 5) is 13.3. The van der Waals surface area contributed by atoms with Crippen LogP contribution in [-0.2, 0) is 11.3 Å². The van der Waals surface area contributed by atoms with Gasteiger partial charge in [0.05, 0.1) is 12.5 Å². The lowest BCUT2D eigenvalue weighted by Gasteiger charge is -2.40. The lowest BCUT2D eigenvalue weighted by atomic mass is 9.92. The van der Waals surface area contributed by atoms with E-state index in [9.17, 15) is 4.79 Å². The van der Waals surface area contributed by atoms with Crippen LogP contribution in [0.15, 0.2) is 24.3 Å². The van der Waals surface area contributed by atoms with Gasteiger partial charge >= 0.3 is 5.97 Å². The summed E-state index contributed by atoms with van der Waals surface area (Å²) in [7, 11) is 0. The fourth-order valence-corrected chi connectivity index (χ4v) is 3.20. The molecule has 1 aliphatic heterocycles. The van der Waals surface area contributed by atoms with Crippen LogP contribution in [0.25, 0.3) is 0 Å². The molecule has 1 aliphatic carbocycles. The van der Waals surface area contributed by atoms with Crippen LogP contribution in [0.3, 0.4) is 0 Å². The van der Waals surface area contributed by atoms with E-state index >= 15 is 0 Å². The highest BCUT2D eigenvalue weighted by Crippen LogP contribution is 2.47. The number of para-hydroxylation sites is 1. The van der Waals surface area contributed by atoms with Crippen molar-refractivity contribution in [1.82, 2.24) is 4.90 Å². The molecule has 2 atom stereocenters. The first-order valence-electron chi connectivity index (χ1n) is 7.35. The molecular weight excluding hydrogens is 254 g/mol. The first-order chi connectivity index (χ1) is 9.69. The number of hydrogen-bond donors (Lipinski definition) is 1. The van der Waals surface area contributed by atoms with Gasteiger partial charge in [-0.2, -0.15) is 0 Å². The Bertz CT molecular complexity index is 496. The number of carbonyl (C=O) groups is 1. The van der Waals surface area contributed by atoms with Gasteiger partial charge in [0, 0.05) is 25.2 Å². The van der Waals surface area contributed by atoms with Gasteiger partial charge in [0.1, 0.15) is 5.75 Å². The van der Waals surface area contributed by atoms with Crippen LogP contribution >= 0.6 is 0 Å². The average Bonchev–Trinajstić information content (AvgIpc) is 3.15. The zero-order valence-corrected chi connectivity index (χ0v) is 11.8. The Balaban J connectivity index is 1.51. The van der Waals surface area contributed by atoms with Gasteiger partial charge in [0.25, 0.3) is 0 Å². The van der Waals surface area contributed by atoms with E-state index in [0.29, 0.717) is 18.4 Å². The molecule has 0 unspecified atom stereocenters. The van der Waals surface area contributed by atoms with Gasteiger partial charge in [0.2, 0.25) is 0 Å². The van der Waals surface area contributed by atoms with E-state index in [1.165, 1.54) is 5.56 Å². The zero-order chi connectivity index (χ0) is 14.1. The van der Waals surface area contributed by atoms with Crippen LogP contribution in [0.5, 0.6) is 5.75 Å². The Labute approximate surface area is 119 Å². The summed E-state index contributed by atoms with van der Waals surface area (Å²) < 4.78 is 5.64. The van der Waals surface area contributed by atoms with Crippen molar-refractivity contribution in [2.75, 3.05) is 19.7 Å². The number of carboxylic acid groups (broad SMARTS) is 1. The van der Waals surface area contributed by atoms with Gasteiger partial charge in [-0.25, -0.2) is 0 Å². The van der Waals surface area contributed by atoms with Gasteiger partial charge < -0.3 is 9.84 Å². The number of likely N-dealkylation sites (tertiary alicyclic amines) is 1. The Morgan fingerprint density at radius 1 is 1.40 bits per heavy atom. The summed E-state index contributed by atoms with van der Waals surface area (Å²) >= 11 is 0. The zero-order valence-electron chi connectivity index (χ0n) is 11.8. The van der Waals surface area contributed by atoms with E-state index < -0.39 is 5.97 Å². The number of hydrogen-bond acceptors (Lipinski definition) is 3. The van der Waals surface area contributed by atoms with E-state index in [1.54, 1.807) is 0 Å². The van der Waals surface area contributed by atoms with Crippen molar-refractivity contribution in [1.29, 1.82) is 0 Å². The van der Waals surface area contributed by atoms with Crippen LogP contribution in [0, 0.1) is 17.8 Å². The van der Waals surface area contributed by atoms with E-state index in [2.05, 4.69) is 11.0 Å². The number of aliphatic carboxylic acids is 1. The molecule has 1 aromatic rings. The van der Waals surface area contributed by atoms with Crippen LogP contribution < -0.4 is 4.74 Å². The number of ether oxygens (including phenoxy) is 1. The van der Waals surface area contributed by atoms with Crippen LogP contribution in [0.2, 0.25) is 0 Å². The summed E-state index contributed by atoms with van der Waals surface area (Å²) in [6.07, 6.45) is 0.878. The van der Waals surface area contributed by atoms with Crippen molar-refractivity contribution >= 4 is 5.97 Å². The predicted molar refractivity (Wildman–Crippen MR) is 75.6 cm³/mol.